The number of ketones is 1. The Morgan fingerprint density at radius 1 is 0.955 bits per heavy atom. The van der Waals surface area contributed by atoms with Gasteiger partial charge in [-0.15, -0.1) is 0 Å². The number of carbonyl (C=O) groups excluding carboxylic acids is 1. The molecule has 22 heavy (non-hydrogen) atoms. The van der Waals surface area contributed by atoms with Crippen LogP contribution in [0.5, 0.6) is 0 Å². The maximum atomic E-state index is 12.1. The average Bonchev–Trinajstić information content (AvgIpc) is 3.08. The van der Waals surface area contributed by atoms with Crippen molar-refractivity contribution in [3.8, 4) is 0 Å². The predicted molar refractivity (Wildman–Crippen MR) is 90.6 cm³/mol. The van der Waals surface area contributed by atoms with Crippen LogP contribution in [0.25, 0.3) is 0 Å². The molecule has 0 aromatic heterocycles. The number of hydrazone groups is 1. The predicted octanol–water partition coefficient (Wildman–Crippen LogP) is 4.10. The Balaban J connectivity index is 1.62. The molecule has 0 spiro atoms. The maximum absolute atomic E-state index is 12.1. The second-order valence-corrected chi connectivity index (χ2v) is 6.36. The van der Waals surface area contributed by atoms with Crippen molar-refractivity contribution in [3.63, 3.8) is 0 Å². The quantitative estimate of drug-likeness (QED) is 0.615. The fraction of sp³-hybridized carbons (Fsp3) is 0.222. The van der Waals surface area contributed by atoms with Gasteiger partial charge in [0.1, 0.15) is 0 Å². The summed E-state index contributed by atoms with van der Waals surface area (Å²) in [6, 6.07) is 17.9. The molecule has 0 radical (unpaired) electrons. The number of hydrogen-bond donors (Lipinski definition) is 0. The van der Waals surface area contributed by atoms with Crippen molar-refractivity contribution in [2.75, 3.05) is 13.1 Å². The van der Waals surface area contributed by atoms with Gasteiger partial charge in [-0.1, -0.05) is 30.0 Å². The van der Waals surface area contributed by atoms with Crippen LogP contribution in [-0.4, -0.2) is 30.1 Å². The summed E-state index contributed by atoms with van der Waals surface area (Å²) in [5.74, 6) is -0.0387. The first kappa shape index (κ1) is 14.9. The molecule has 4 heteroatoms. The lowest BCUT2D eigenvalue weighted by molar-refractivity contribution is 0.106. The van der Waals surface area contributed by atoms with Crippen LogP contribution in [0.2, 0.25) is 0 Å². The van der Waals surface area contributed by atoms with E-state index in [1.807, 2.05) is 47.5 Å². The fourth-order valence-electron chi connectivity index (χ4n) is 2.34. The van der Waals surface area contributed by atoms with Gasteiger partial charge in [0, 0.05) is 28.4 Å². The van der Waals surface area contributed by atoms with Crippen molar-refractivity contribution in [2.45, 2.75) is 22.6 Å². The smallest absolute Gasteiger partial charge is 0.205 e. The Kier molecular flexibility index (Phi) is 4.91. The summed E-state index contributed by atoms with van der Waals surface area (Å²) in [5, 5.41) is 6.20. The Bertz CT molecular complexity index is 647. The SMILES string of the molecule is O=C(/C=N\N1CCCC1)c1ccc(Sc2ccccc2)cc1. The van der Waals surface area contributed by atoms with Crippen molar-refractivity contribution < 1.29 is 4.79 Å². The topological polar surface area (TPSA) is 32.7 Å². The highest BCUT2D eigenvalue weighted by Gasteiger charge is 2.09. The lowest BCUT2D eigenvalue weighted by Crippen LogP contribution is -2.13. The van der Waals surface area contributed by atoms with Crippen LogP contribution in [0.15, 0.2) is 69.5 Å². The highest BCUT2D eigenvalue weighted by molar-refractivity contribution is 7.99. The molecule has 0 amide bonds. The largest absolute Gasteiger partial charge is 0.297 e. The van der Waals surface area contributed by atoms with Crippen LogP contribution in [-0.2, 0) is 0 Å². The molecule has 1 aliphatic rings. The first-order valence-corrected chi connectivity index (χ1v) is 8.29. The zero-order valence-corrected chi connectivity index (χ0v) is 13.1. The zero-order valence-electron chi connectivity index (χ0n) is 12.3. The zero-order chi connectivity index (χ0) is 15.2. The van der Waals surface area contributed by atoms with Crippen LogP contribution in [0.1, 0.15) is 23.2 Å². The van der Waals surface area contributed by atoms with Crippen LogP contribution in [0.3, 0.4) is 0 Å². The maximum Gasteiger partial charge on any atom is 0.205 e. The second kappa shape index (κ2) is 7.27. The third kappa shape index (κ3) is 3.98. The monoisotopic (exact) mass is 310 g/mol. The van der Waals surface area contributed by atoms with Gasteiger partial charge >= 0.3 is 0 Å². The summed E-state index contributed by atoms with van der Waals surface area (Å²) in [6.07, 6.45) is 3.76. The minimum atomic E-state index is -0.0387. The Morgan fingerprint density at radius 3 is 2.27 bits per heavy atom. The molecule has 3 nitrogen and oxygen atoms in total. The van der Waals surface area contributed by atoms with Gasteiger partial charge in [0.15, 0.2) is 0 Å². The molecule has 2 aromatic carbocycles. The molecule has 0 N–H and O–H groups in total. The van der Waals surface area contributed by atoms with Gasteiger partial charge in [-0.2, -0.15) is 5.10 Å². The van der Waals surface area contributed by atoms with E-state index in [-0.39, 0.29) is 5.78 Å². The van der Waals surface area contributed by atoms with Crippen LogP contribution < -0.4 is 0 Å². The van der Waals surface area contributed by atoms with Crippen LogP contribution >= 0.6 is 11.8 Å². The average molecular weight is 310 g/mol. The number of carbonyl (C=O) groups is 1. The van der Waals surface area contributed by atoms with E-state index in [9.17, 15) is 4.79 Å². The minimum Gasteiger partial charge on any atom is -0.297 e. The summed E-state index contributed by atoms with van der Waals surface area (Å²) in [4.78, 5) is 14.4. The number of Topliss-reactive ketones (excluding diaryl/α,β-unsaturated/α-hetero) is 1. The third-order valence-electron chi connectivity index (χ3n) is 3.54. The molecular formula is C18H18N2OS. The molecule has 0 saturated carbocycles. The van der Waals surface area contributed by atoms with Gasteiger partial charge < -0.3 is 0 Å². The van der Waals surface area contributed by atoms with Crippen molar-refractivity contribution in [3.05, 3.63) is 60.2 Å². The van der Waals surface area contributed by atoms with E-state index in [1.54, 1.807) is 11.8 Å². The lowest BCUT2D eigenvalue weighted by atomic mass is 10.1. The number of nitrogens with zero attached hydrogens (tertiary/aromatic N) is 2. The van der Waals surface area contributed by atoms with E-state index < -0.39 is 0 Å². The van der Waals surface area contributed by atoms with Crippen molar-refractivity contribution in [1.82, 2.24) is 5.01 Å². The summed E-state index contributed by atoms with van der Waals surface area (Å²) < 4.78 is 0. The molecule has 0 aliphatic carbocycles. The van der Waals surface area contributed by atoms with E-state index in [0.29, 0.717) is 5.56 Å². The molecule has 2 aromatic rings. The molecule has 1 saturated heterocycles. The van der Waals surface area contributed by atoms with E-state index in [0.717, 1.165) is 30.8 Å². The van der Waals surface area contributed by atoms with Crippen LogP contribution in [0, 0.1) is 0 Å². The van der Waals surface area contributed by atoms with Crippen molar-refractivity contribution in [1.29, 1.82) is 0 Å². The minimum absolute atomic E-state index is 0.0387. The Hall–Kier alpha value is -2.07. The number of rotatable bonds is 5. The number of benzene rings is 2. The Morgan fingerprint density at radius 2 is 1.59 bits per heavy atom. The van der Waals surface area contributed by atoms with Gasteiger partial charge in [-0.3, -0.25) is 9.80 Å². The molecule has 1 fully saturated rings. The molecule has 112 valence electrons. The normalized spacial score (nSPS) is 14.6. The first-order valence-electron chi connectivity index (χ1n) is 7.47. The summed E-state index contributed by atoms with van der Waals surface area (Å²) in [6.45, 7) is 1.91. The van der Waals surface area contributed by atoms with Gasteiger partial charge in [0.05, 0.1) is 6.21 Å². The summed E-state index contributed by atoms with van der Waals surface area (Å²) in [7, 11) is 0. The van der Waals surface area contributed by atoms with E-state index >= 15 is 0 Å². The van der Waals surface area contributed by atoms with Gasteiger partial charge in [-0.25, -0.2) is 0 Å². The van der Waals surface area contributed by atoms with Crippen molar-refractivity contribution >= 4 is 23.8 Å². The molecule has 3 rings (SSSR count). The van der Waals surface area contributed by atoms with E-state index in [1.165, 1.54) is 11.1 Å². The third-order valence-corrected chi connectivity index (χ3v) is 4.55. The summed E-state index contributed by atoms with van der Waals surface area (Å²) in [5.41, 5.74) is 0.681. The molecule has 0 atom stereocenters. The highest BCUT2D eigenvalue weighted by Crippen LogP contribution is 2.27. The fourth-order valence-corrected chi connectivity index (χ4v) is 3.17. The van der Waals surface area contributed by atoms with Crippen LogP contribution in [0.4, 0.5) is 0 Å². The van der Waals surface area contributed by atoms with Gasteiger partial charge in [-0.05, 0) is 49.2 Å². The number of hydrogen-bond acceptors (Lipinski definition) is 4. The second-order valence-electron chi connectivity index (χ2n) is 5.21. The Labute approximate surface area is 135 Å². The lowest BCUT2D eigenvalue weighted by Gasteiger charge is -2.08. The van der Waals surface area contributed by atoms with E-state index in [2.05, 4.69) is 17.2 Å². The standard InChI is InChI=1S/C18H18N2OS/c21-18(14-19-20-12-4-5-13-20)15-8-10-17(11-9-15)22-16-6-2-1-3-7-16/h1-3,6-11,14H,4-5,12-13H2/b19-14-. The highest BCUT2D eigenvalue weighted by atomic mass is 32.2. The van der Waals surface area contributed by atoms with Crippen molar-refractivity contribution in [2.24, 2.45) is 5.10 Å². The molecule has 0 unspecified atom stereocenters. The molecule has 0 bridgehead atoms. The van der Waals surface area contributed by atoms with E-state index in [4.69, 9.17) is 0 Å². The van der Waals surface area contributed by atoms with Gasteiger partial charge in [0.25, 0.3) is 0 Å². The first-order chi connectivity index (χ1) is 10.8. The summed E-state index contributed by atoms with van der Waals surface area (Å²) >= 11 is 1.69. The van der Waals surface area contributed by atoms with Gasteiger partial charge in [0.2, 0.25) is 5.78 Å². The molecule has 1 heterocycles. The molecular weight excluding hydrogens is 292 g/mol. The molecule has 1 aliphatic heterocycles.